The van der Waals surface area contributed by atoms with Crippen molar-refractivity contribution in [2.45, 2.75) is 6.29 Å². The number of methoxy groups -OCH3 is 1. The largest absolute Gasteiger partial charge is 0.508 e. The van der Waals surface area contributed by atoms with Crippen LogP contribution in [-0.4, -0.2) is 40.5 Å². The summed E-state index contributed by atoms with van der Waals surface area (Å²) in [5.74, 6) is -1.54. The molecular formula is C23H16O8. The number of aliphatic hydroxyl groups excluding tert-OH is 1. The number of carbonyl (C=O) groups excluding carboxylic acids is 2. The van der Waals surface area contributed by atoms with E-state index in [9.17, 15) is 29.7 Å². The minimum absolute atomic E-state index is 0.00192. The van der Waals surface area contributed by atoms with Crippen LogP contribution in [0.25, 0.3) is 33.4 Å². The average Bonchev–Trinajstić information content (AvgIpc) is 2.75. The number of Topliss-reactive ketones (excluding diaryl/α,β-unsaturated/α-hetero) is 1. The first-order chi connectivity index (χ1) is 14.8. The van der Waals surface area contributed by atoms with Gasteiger partial charge in [-0.2, -0.15) is 0 Å². The Bertz CT molecular complexity index is 1370. The van der Waals surface area contributed by atoms with Gasteiger partial charge in [0.15, 0.2) is 5.43 Å². The van der Waals surface area contributed by atoms with E-state index in [0.717, 1.165) is 0 Å². The molecule has 3 N–H and O–H groups in total. The zero-order valence-electron chi connectivity index (χ0n) is 16.2. The van der Waals surface area contributed by atoms with Gasteiger partial charge in [0.1, 0.15) is 17.1 Å². The monoisotopic (exact) mass is 420 g/mol. The summed E-state index contributed by atoms with van der Waals surface area (Å²) in [5.41, 5.74) is 1.30. The minimum Gasteiger partial charge on any atom is -0.508 e. The van der Waals surface area contributed by atoms with Crippen LogP contribution >= 0.6 is 0 Å². The molecule has 1 aliphatic heterocycles. The maximum atomic E-state index is 12.6. The van der Waals surface area contributed by atoms with Gasteiger partial charge in [-0.3, -0.25) is 9.59 Å². The van der Waals surface area contributed by atoms with E-state index in [4.69, 9.17) is 9.15 Å². The summed E-state index contributed by atoms with van der Waals surface area (Å²) in [6.45, 7) is 0. The second-order valence-electron chi connectivity index (χ2n) is 6.81. The number of ketones is 1. The number of hydrogen-bond acceptors (Lipinski definition) is 8. The fourth-order valence-electron chi connectivity index (χ4n) is 3.49. The third-order valence-electron chi connectivity index (χ3n) is 4.89. The predicted molar refractivity (Wildman–Crippen MR) is 110 cm³/mol. The smallest absolute Gasteiger partial charge is 0.338 e. The third kappa shape index (κ3) is 3.54. The van der Waals surface area contributed by atoms with Crippen molar-refractivity contribution in [1.29, 1.82) is 0 Å². The van der Waals surface area contributed by atoms with Crippen LogP contribution in [-0.2, 0) is 4.74 Å². The van der Waals surface area contributed by atoms with Crippen LogP contribution in [0.5, 0.6) is 5.75 Å². The Hall–Kier alpha value is -4.01. The molecule has 4 rings (SSSR count). The van der Waals surface area contributed by atoms with E-state index < -0.39 is 18.0 Å². The molecule has 2 aliphatic rings. The molecule has 0 saturated carbocycles. The Morgan fingerprint density at radius 2 is 1.71 bits per heavy atom. The van der Waals surface area contributed by atoms with E-state index in [-0.39, 0.29) is 33.6 Å². The molecule has 2 aromatic carbocycles. The molecule has 8 nitrogen and oxygen atoms in total. The number of carbonyl (C=O) groups is 2. The van der Waals surface area contributed by atoms with Crippen LogP contribution in [0.3, 0.4) is 0 Å². The van der Waals surface area contributed by atoms with Crippen molar-refractivity contribution in [2.75, 3.05) is 7.11 Å². The van der Waals surface area contributed by atoms with Gasteiger partial charge < -0.3 is 24.5 Å². The molecule has 0 aromatic heterocycles. The van der Waals surface area contributed by atoms with E-state index >= 15 is 0 Å². The Morgan fingerprint density at radius 1 is 0.968 bits per heavy atom. The number of ether oxygens (including phenoxy) is 1. The van der Waals surface area contributed by atoms with Gasteiger partial charge in [-0.25, -0.2) is 4.79 Å². The lowest BCUT2D eigenvalue weighted by molar-refractivity contribution is -0.0195. The van der Waals surface area contributed by atoms with Gasteiger partial charge in [-0.15, -0.1) is 0 Å². The second kappa shape index (κ2) is 7.67. The van der Waals surface area contributed by atoms with Crippen molar-refractivity contribution < 1.29 is 34.1 Å². The molecular weight excluding hydrogens is 404 g/mol. The van der Waals surface area contributed by atoms with Gasteiger partial charge in [0.05, 0.1) is 12.7 Å². The zero-order chi connectivity index (χ0) is 22.3. The Morgan fingerprint density at radius 3 is 2.42 bits per heavy atom. The lowest BCUT2D eigenvalue weighted by Crippen LogP contribution is -2.20. The summed E-state index contributed by atoms with van der Waals surface area (Å²) in [4.78, 5) is 36.5. The SMILES string of the molecule is COC(=O)c1cc(C(=O)C(O)O)ccc1-c1c2ccc(=O)cc-2oc2cc(O)ccc12. The molecule has 0 amide bonds. The molecule has 1 aliphatic carbocycles. The number of hydrogen-bond donors (Lipinski definition) is 3. The van der Waals surface area contributed by atoms with Gasteiger partial charge in [-0.1, -0.05) is 12.1 Å². The topological polar surface area (TPSA) is 134 Å². The molecule has 0 radical (unpaired) electrons. The van der Waals surface area contributed by atoms with Crippen molar-refractivity contribution in [3.05, 3.63) is 75.9 Å². The van der Waals surface area contributed by atoms with Gasteiger partial charge in [0.2, 0.25) is 12.1 Å². The molecule has 0 fully saturated rings. The maximum Gasteiger partial charge on any atom is 0.338 e. The van der Waals surface area contributed by atoms with E-state index in [1.807, 2.05) is 0 Å². The molecule has 0 saturated heterocycles. The fraction of sp³-hybridized carbons (Fsp3) is 0.0870. The van der Waals surface area contributed by atoms with Crippen LogP contribution in [0.4, 0.5) is 0 Å². The minimum atomic E-state index is -2.23. The van der Waals surface area contributed by atoms with Crippen LogP contribution in [0, 0.1) is 0 Å². The number of rotatable bonds is 4. The number of esters is 1. The Balaban J connectivity index is 2.11. The van der Waals surface area contributed by atoms with E-state index in [0.29, 0.717) is 22.1 Å². The van der Waals surface area contributed by atoms with Crippen LogP contribution in [0.1, 0.15) is 20.7 Å². The highest BCUT2D eigenvalue weighted by Crippen LogP contribution is 2.42. The molecule has 31 heavy (non-hydrogen) atoms. The second-order valence-corrected chi connectivity index (χ2v) is 6.81. The number of phenols is 1. The standard InChI is InChI=1S/C23H16O8/c1-30-23(29)17-8-11(21(26)22(27)28)2-5-14(17)20-15-6-3-12(24)9-18(15)31-19-10-13(25)4-7-16(19)20/h2-10,22,24,27-28H,1H3. The van der Waals surface area contributed by atoms with Gasteiger partial charge in [-0.05, 0) is 35.9 Å². The molecule has 1 heterocycles. The van der Waals surface area contributed by atoms with E-state index in [2.05, 4.69) is 0 Å². The lowest BCUT2D eigenvalue weighted by atomic mass is 9.89. The number of phenolic OH excluding ortho intramolecular Hbond substituents is 1. The Labute approximate surface area is 174 Å². The summed E-state index contributed by atoms with van der Waals surface area (Å²) in [6.07, 6.45) is -2.23. The first-order valence-corrected chi connectivity index (χ1v) is 9.13. The highest BCUT2D eigenvalue weighted by atomic mass is 16.5. The molecule has 2 aromatic rings. The highest BCUT2D eigenvalue weighted by Gasteiger charge is 2.24. The van der Waals surface area contributed by atoms with Gasteiger partial charge in [0, 0.05) is 34.2 Å². The predicted octanol–water partition coefficient (Wildman–Crippen LogP) is 2.55. The number of aliphatic hydroxyl groups is 2. The molecule has 8 heteroatoms. The van der Waals surface area contributed by atoms with E-state index in [1.54, 1.807) is 12.1 Å². The summed E-state index contributed by atoms with van der Waals surface area (Å²) in [5, 5.41) is 28.8. The molecule has 0 unspecified atom stereocenters. The molecule has 0 bridgehead atoms. The third-order valence-corrected chi connectivity index (χ3v) is 4.89. The summed E-state index contributed by atoms with van der Waals surface area (Å²) in [6, 6.07) is 12.7. The summed E-state index contributed by atoms with van der Waals surface area (Å²) in [7, 11) is 1.18. The average molecular weight is 420 g/mol. The fourth-order valence-corrected chi connectivity index (χ4v) is 3.49. The van der Waals surface area contributed by atoms with Crippen LogP contribution in [0.15, 0.2) is 63.8 Å². The van der Waals surface area contributed by atoms with Crippen LogP contribution in [0.2, 0.25) is 0 Å². The number of fused-ring (bicyclic) bond motifs is 2. The molecule has 0 atom stereocenters. The highest BCUT2D eigenvalue weighted by molar-refractivity contribution is 6.09. The molecule has 156 valence electrons. The maximum absolute atomic E-state index is 12.6. The van der Waals surface area contributed by atoms with Crippen molar-refractivity contribution in [2.24, 2.45) is 0 Å². The molecule has 0 spiro atoms. The van der Waals surface area contributed by atoms with Crippen molar-refractivity contribution >= 4 is 22.7 Å². The quantitative estimate of drug-likeness (QED) is 0.198. The number of benzene rings is 3. The lowest BCUT2D eigenvalue weighted by Gasteiger charge is -2.18. The van der Waals surface area contributed by atoms with E-state index in [1.165, 1.54) is 49.6 Å². The van der Waals surface area contributed by atoms with Crippen LogP contribution < -0.4 is 5.43 Å². The zero-order valence-corrected chi connectivity index (χ0v) is 16.2. The van der Waals surface area contributed by atoms with Crippen molar-refractivity contribution in [3.63, 3.8) is 0 Å². The van der Waals surface area contributed by atoms with Crippen molar-refractivity contribution in [3.8, 4) is 28.2 Å². The first-order valence-electron chi connectivity index (χ1n) is 9.13. The van der Waals surface area contributed by atoms with Crippen molar-refractivity contribution in [1.82, 2.24) is 0 Å². The Kier molecular flexibility index (Phi) is 5.02. The van der Waals surface area contributed by atoms with Gasteiger partial charge in [0.25, 0.3) is 0 Å². The summed E-state index contributed by atoms with van der Waals surface area (Å²) < 4.78 is 10.7. The number of aromatic hydroxyl groups is 1. The van der Waals surface area contributed by atoms with Gasteiger partial charge >= 0.3 is 5.97 Å². The first kappa shape index (κ1) is 20.3. The summed E-state index contributed by atoms with van der Waals surface area (Å²) >= 11 is 0. The normalized spacial score (nSPS) is 11.2.